The van der Waals surface area contributed by atoms with E-state index >= 15 is 0 Å². The summed E-state index contributed by atoms with van der Waals surface area (Å²) in [7, 11) is 1.49. The topological polar surface area (TPSA) is 136 Å². The Balaban J connectivity index is 0.00000405. The zero-order chi connectivity index (χ0) is 29.1. The third kappa shape index (κ3) is 6.61. The normalized spacial score (nSPS) is 11.0. The van der Waals surface area contributed by atoms with E-state index in [2.05, 4.69) is 30.9 Å². The van der Waals surface area contributed by atoms with Crippen molar-refractivity contribution in [1.82, 2.24) is 30.0 Å². The summed E-state index contributed by atoms with van der Waals surface area (Å²) >= 11 is 0. The first kappa shape index (κ1) is 29.9. The Labute approximate surface area is 247 Å². The Bertz CT molecular complexity index is 1770. The van der Waals surface area contributed by atoms with Gasteiger partial charge in [0.2, 0.25) is 0 Å². The zero-order valence-electron chi connectivity index (χ0n) is 23.2. The number of rotatable bonds is 6. The van der Waals surface area contributed by atoms with Crippen molar-refractivity contribution in [2.45, 2.75) is 26.2 Å². The second kappa shape index (κ2) is 12.2. The van der Waals surface area contributed by atoms with E-state index < -0.39 is 11.8 Å². The largest absolute Gasteiger partial charge is 0.457 e. The predicted molar refractivity (Wildman–Crippen MR) is 159 cm³/mol. The summed E-state index contributed by atoms with van der Waals surface area (Å²) < 4.78 is 22.2. The van der Waals surface area contributed by atoms with Crippen molar-refractivity contribution in [2.75, 3.05) is 17.7 Å². The highest BCUT2D eigenvalue weighted by Crippen LogP contribution is 2.29. The highest BCUT2D eigenvalue weighted by atomic mass is 35.5. The fourth-order valence-corrected chi connectivity index (χ4v) is 3.91. The molecule has 0 bridgehead atoms. The Hall–Kier alpha value is -5.10. The SMILES string of the molecule is CNC(=O)c1cc(Oc2ccc(NC(=O)Nc3cc(C(C)(C)C)nn3-c3ccc4nccnc4c3)c(F)c2)ccn1.Cl. The number of hydrogen-bond acceptors (Lipinski definition) is 7. The van der Waals surface area contributed by atoms with E-state index in [0.29, 0.717) is 22.8 Å². The lowest BCUT2D eigenvalue weighted by molar-refractivity contribution is 0.0957. The molecule has 3 amide bonds. The monoisotopic (exact) mass is 590 g/mol. The van der Waals surface area contributed by atoms with Gasteiger partial charge in [0.05, 0.1) is 28.1 Å². The molecule has 3 aromatic heterocycles. The van der Waals surface area contributed by atoms with Gasteiger partial charge in [-0.25, -0.2) is 13.9 Å². The van der Waals surface area contributed by atoms with Gasteiger partial charge in [-0.3, -0.25) is 25.1 Å². The number of nitrogens with zero attached hydrogens (tertiary/aromatic N) is 5. The predicted octanol–water partition coefficient (Wildman–Crippen LogP) is 5.86. The number of aromatic nitrogens is 5. The molecular weight excluding hydrogens is 563 g/mol. The number of carbonyl (C=O) groups is 2. The first-order valence-corrected chi connectivity index (χ1v) is 12.7. The van der Waals surface area contributed by atoms with Crippen molar-refractivity contribution in [3.63, 3.8) is 0 Å². The maximum absolute atomic E-state index is 14.9. The van der Waals surface area contributed by atoms with Crippen LogP contribution in [0.3, 0.4) is 0 Å². The van der Waals surface area contributed by atoms with Gasteiger partial charge in [0.1, 0.15) is 28.8 Å². The molecular formula is C29H28ClFN8O3. The third-order valence-corrected chi connectivity index (χ3v) is 6.03. The van der Waals surface area contributed by atoms with Crippen LogP contribution < -0.4 is 20.7 Å². The number of fused-ring (bicyclic) bond motifs is 1. The molecule has 0 unspecified atom stereocenters. The number of carbonyl (C=O) groups excluding carboxylic acids is 2. The molecule has 5 aromatic rings. The summed E-state index contributed by atoms with van der Waals surface area (Å²) in [6.45, 7) is 6.04. The van der Waals surface area contributed by atoms with Crippen LogP contribution >= 0.6 is 12.4 Å². The Morgan fingerprint density at radius 3 is 2.31 bits per heavy atom. The van der Waals surface area contributed by atoms with Gasteiger partial charge in [-0.2, -0.15) is 5.10 Å². The van der Waals surface area contributed by atoms with E-state index in [9.17, 15) is 14.0 Å². The number of urea groups is 1. The quantitative estimate of drug-likeness (QED) is 0.225. The second-order valence-electron chi connectivity index (χ2n) is 10.1. The number of anilines is 2. The summed E-state index contributed by atoms with van der Waals surface area (Å²) in [5.41, 5.74) is 2.62. The van der Waals surface area contributed by atoms with Crippen LogP contribution in [0.5, 0.6) is 11.5 Å². The number of pyridine rings is 1. The minimum absolute atomic E-state index is 0. The molecule has 0 aliphatic rings. The molecule has 0 aliphatic carbocycles. The molecule has 2 aromatic carbocycles. The first-order valence-electron chi connectivity index (χ1n) is 12.7. The Kier molecular flexibility index (Phi) is 8.67. The van der Waals surface area contributed by atoms with Crippen LogP contribution in [0.1, 0.15) is 37.0 Å². The second-order valence-corrected chi connectivity index (χ2v) is 10.1. The highest BCUT2D eigenvalue weighted by Gasteiger charge is 2.22. The van der Waals surface area contributed by atoms with E-state index in [0.717, 1.165) is 17.3 Å². The molecule has 0 radical (unpaired) electrons. The lowest BCUT2D eigenvalue weighted by Crippen LogP contribution is -2.22. The van der Waals surface area contributed by atoms with E-state index in [4.69, 9.17) is 9.84 Å². The van der Waals surface area contributed by atoms with Crippen LogP contribution in [0.2, 0.25) is 0 Å². The molecule has 216 valence electrons. The smallest absolute Gasteiger partial charge is 0.324 e. The van der Waals surface area contributed by atoms with Crippen LogP contribution in [0, 0.1) is 5.82 Å². The number of ether oxygens (including phenoxy) is 1. The summed E-state index contributed by atoms with van der Waals surface area (Å²) in [6, 6.07) is 13.6. The van der Waals surface area contributed by atoms with Crippen LogP contribution in [-0.4, -0.2) is 43.7 Å². The molecule has 3 N–H and O–H groups in total. The number of nitrogens with one attached hydrogen (secondary N) is 3. The first-order chi connectivity index (χ1) is 19.6. The number of hydrogen-bond donors (Lipinski definition) is 3. The standard InChI is InChI=1S/C29H27FN8O3.ClH/c1-29(2,3)25-16-26(38(37-25)17-5-7-22-23(13-17)34-12-11-33-22)36-28(40)35-21-8-6-18(14-20(21)30)41-19-9-10-32-24(15-19)27(39)31-4;/h5-16H,1-4H3,(H,31,39)(H2,35,36,40);1H. The van der Waals surface area contributed by atoms with E-state index in [-0.39, 0.29) is 40.9 Å². The number of amides is 3. The molecule has 13 heteroatoms. The molecule has 0 atom stereocenters. The van der Waals surface area contributed by atoms with Crippen molar-refractivity contribution in [3.05, 3.63) is 90.4 Å². The van der Waals surface area contributed by atoms with Gasteiger partial charge in [-0.05, 0) is 36.4 Å². The van der Waals surface area contributed by atoms with Crippen LogP contribution in [0.4, 0.5) is 20.7 Å². The maximum atomic E-state index is 14.9. The van der Waals surface area contributed by atoms with Crippen LogP contribution in [0.25, 0.3) is 16.7 Å². The lowest BCUT2D eigenvalue weighted by atomic mass is 9.92. The average molecular weight is 591 g/mol. The van der Waals surface area contributed by atoms with Crippen molar-refractivity contribution in [2.24, 2.45) is 0 Å². The fraction of sp³-hybridized carbons (Fsp3) is 0.172. The Morgan fingerprint density at radius 1 is 0.857 bits per heavy atom. The molecule has 0 fully saturated rings. The summed E-state index contributed by atoms with van der Waals surface area (Å²) in [6.07, 6.45) is 4.63. The van der Waals surface area contributed by atoms with Gasteiger partial charge in [-0.15, -0.1) is 12.4 Å². The number of benzene rings is 2. The lowest BCUT2D eigenvalue weighted by Gasteiger charge is -2.14. The summed E-state index contributed by atoms with van der Waals surface area (Å²) in [5, 5.41) is 12.5. The maximum Gasteiger partial charge on any atom is 0.324 e. The fourth-order valence-electron chi connectivity index (χ4n) is 3.91. The van der Waals surface area contributed by atoms with E-state index in [1.807, 2.05) is 39.0 Å². The van der Waals surface area contributed by atoms with Crippen LogP contribution in [-0.2, 0) is 5.41 Å². The van der Waals surface area contributed by atoms with Crippen molar-refractivity contribution >= 4 is 46.9 Å². The van der Waals surface area contributed by atoms with Gasteiger partial charge < -0.3 is 15.4 Å². The van der Waals surface area contributed by atoms with E-state index in [1.54, 1.807) is 29.2 Å². The third-order valence-electron chi connectivity index (χ3n) is 6.03. The summed E-state index contributed by atoms with van der Waals surface area (Å²) in [4.78, 5) is 37.4. The molecule has 3 heterocycles. The zero-order valence-corrected chi connectivity index (χ0v) is 24.0. The molecule has 0 saturated heterocycles. The molecule has 5 rings (SSSR count). The van der Waals surface area contributed by atoms with E-state index in [1.165, 1.54) is 31.4 Å². The van der Waals surface area contributed by atoms with Gasteiger partial charge in [0.15, 0.2) is 0 Å². The molecule has 0 spiro atoms. The van der Waals surface area contributed by atoms with Gasteiger partial charge in [0, 0.05) is 49.3 Å². The molecule has 11 nitrogen and oxygen atoms in total. The number of halogens is 2. The van der Waals surface area contributed by atoms with Gasteiger partial charge in [-0.1, -0.05) is 20.8 Å². The average Bonchev–Trinajstić information content (AvgIpc) is 3.38. The molecule has 0 aliphatic heterocycles. The minimum atomic E-state index is -0.713. The van der Waals surface area contributed by atoms with Crippen molar-refractivity contribution < 1.29 is 18.7 Å². The van der Waals surface area contributed by atoms with Crippen molar-refractivity contribution in [3.8, 4) is 17.2 Å². The summed E-state index contributed by atoms with van der Waals surface area (Å²) in [5.74, 6) is -0.220. The molecule has 0 saturated carbocycles. The highest BCUT2D eigenvalue weighted by molar-refractivity contribution is 5.99. The minimum Gasteiger partial charge on any atom is -0.457 e. The van der Waals surface area contributed by atoms with Crippen LogP contribution in [0.15, 0.2) is 73.2 Å². The Morgan fingerprint density at radius 2 is 1.60 bits per heavy atom. The van der Waals surface area contributed by atoms with Gasteiger partial charge in [0.25, 0.3) is 5.91 Å². The van der Waals surface area contributed by atoms with Gasteiger partial charge >= 0.3 is 6.03 Å². The molecule has 42 heavy (non-hydrogen) atoms. The van der Waals surface area contributed by atoms with Crippen molar-refractivity contribution in [1.29, 1.82) is 0 Å².